The summed E-state index contributed by atoms with van der Waals surface area (Å²) in [7, 11) is 0. The molecule has 0 heterocycles. The van der Waals surface area contributed by atoms with Gasteiger partial charge in [-0.05, 0) is 42.9 Å². The van der Waals surface area contributed by atoms with E-state index >= 15 is 0 Å². The van der Waals surface area contributed by atoms with Crippen LogP contribution in [0.5, 0.6) is 0 Å². The van der Waals surface area contributed by atoms with Crippen molar-refractivity contribution in [2.75, 3.05) is 0 Å². The summed E-state index contributed by atoms with van der Waals surface area (Å²) in [6, 6.07) is 8.35. The number of nitrogens with two attached hydrogens (primary N) is 1. The first-order chi connectivity index (χ1) is 6.75. The highest BCUT2D eigenvalue weighted by atomic mass is 35.5. The fraction of sp³-hybridized carbons (Fsp3) is 0.500. The van der Waals surface area contributed by atoms with Crippen molar-refractivity contribution in [2.24, 2.45) is 11.7 Å². The SMILES string of the molecule is NC(Cc1ccc(Cl)cc1)C1CCC1. The lowest BCUT2D eigenvalue weighted by Crippen LogP contribution is -2.36. The van der Waals surface area contributed by atoms with Gasteiger partial charge in [-0.3, -0.25) is 0 Å². The van der Waals surface area contributed by atoms with E-state index in [4.69, 9.17) is 17.3 Å². The number of hydrogen-bond acceptors (Lipinski definition) is 1. The van der Waals surface area contributed by atoms with Crippen LogP contribution >= 0.6 is 11.6 Å². The number of rotatable bonds is 3. The van der Waals surface area contributed by atoms with Gasteiger partial charge in [-0.25, -0.2) is 0 Å². The minimum absolute atomic E-state index is 0.338. The molecule has 0 bridgehead atoms. The van der Waals surface area contributed by atoms with Gasteiger partial charge in [0.05, 0.1) is 0 Å². The van der Waals surface area contributed by atoms with Gasteiger partial charge in [0, 0.05) is 11.1 Å². The molecule has 1 saturated carbocycles. The van der Waals surface area contributed by atoms with Crippen molar-refractivity contribution in [2.45, 2.75) is 31.7 Å². The van der Waals surface area contributed by atoms with Crippen LogP contribution in [0.4, 0.5) is 0 Å². The molecule has 2 heteroatoms. The van der Waals surface area contributed by atoms with E-state index in [9.17, 15) is 0 Å². The van der Waals surface area contributed by atoms with Crippen LogP contribution in [-0.4, -0.2) is 6.04 Å². The Hall–Kier alpha value is -0.530. The summed E-state index contributed by atoms with van der Waals surface area (Å²) in [5, 5.41) is 0.797. The molecule has 1 nitrogen and oxygen atoms in total. The first-order valence-corrected chi connectivity index (χ1v) is 5.63. The first-order valence-electron chi connectivity index (χ1n) is 5.26. The van der Waals surface area contributed by atoms with Crippen molar-refractivity contribution in [3.8, 4) is 0 Å². The Morgan fingerprint density at radius 3 is 2.43 bits per heavy atom. The highest BCUT2D eigenvalue weighted by Gasteiger charge is 2.24. The van der Waals surface area contributed by atoms with Crippen molar-refractivity contribution in [3.05, 3.63) is 34.9 Å². The third kappa shape index (κ3) is 2.28. The van der Waals surface area contributed by atoms with E-state index < -0.39 is 0 Å². The lowest BCUT2D eigenvalue weighted by molar-refractivity contribution is 0.260. The standard InChI is InChI=1S/C12H16ClN/c13-11-6-4-9(5-7-11)8-12(14)10-2-1-3-10/h4-7,10,12H,1-3,8,14H2. The molecule has 1 aromatic rings. The summed E-state index contributed by atoms with van der Waals surface area (Å²) in [5.74, 6) is 0.755. The predicted octanol–water partition coefficient (Wildman–Crippen LogP) is 3.01. The Kier molecular flexibility index (Phi) is 3.09. The third-order valence-corrected chi connectivity index (χ3v) is 3.39. The smallest absolute Gasteiger partial charge is 0.0406 e. The second-order valence-electron chi connectivity index (χ2n) is 4.19. The lowest BCUT2D eigenvalue weighted by atomic mass is 9.78. The molecule has 76 valence electrons. The monoisotopic (exact) mass is 209 g/mol. The Bertz CT molecular complexity index is 290. The van der Waals surface area contributed by atoms with Gasteiger partial charge >= 0.3 is 0 Å². The molecule has 0 amide bonds. The Morgan fingerprint density at radius 2 is 1.93 bits per heavy atom. The summed E-state index contributed by atoms with van der Waals surface area (Å²) >= 11 is 5.82. The van der Waals surface area contributed by atoms with Crippen molar-refractivity contribution < 1.29 is 0 Å². The first kappa shape index (κ1) is 10.0. The molecule has 2 rings (SSSR count). The van der Waals surface area contributed by atoms with Crippen LogP contribution in [0.2, 0.25) is 5.02 Å². The highest BCUT2D eigenvalue weighted by molar-refractivity contribution is 6.30. The summed E-state index contributed by atoms with van der Waals surface area (Å²) in [4.78, 5) is 0. The van der Waals surface area contributed by atoms with E-state index in [1.54, 1.807) is 0 Å². The highest BCUT2D eigenvalue weighted by Crippen LogP contribution is 2.30. The molecule has 14 heavy (non-hydrogen) atoms. The largest absolute Gasteiger partial charge is 0.327 e. The molecular weight excluding hydrogens is 194 g/mol. The van der Waals surface area contributed by atoms with Gasteiger partial charge in [-0.15, -0.1) is 0 Å². The normalized spacial score (nSPS) is 19.0. The van der Waals surface area contributed by atoms with Gasteiger partial charge < -0.3 is 5.73 Å². The maximum atomic E-state index is 6.12. The average Bonchev–Trinajstić information content (AvgIpc) is 2.06. The third-order valence-electron chi connectivity index (χ3n) is 3.14. The van der Waals surface area contributed by atoms with E-state index in [0.29, 0.717) is 6.04 Å². The number of hydrogen-bond donors (Lipinski definition) is 1. The molecule has 0 aliphatic heterocycles. The van der Waals surface area contributed by atoms with E-state index in [1.807, 2.05) is 12.1 Å². The molecule has 0 radical (unpaired) electrons. The average molecular weight is 210 g/mol. The molecule has 0 spiro atoms. The van der Waals surface area contributed by atoms with Crippen LogP contribution in [0, 0.1) is 5.92 Å². The minimum atomic E-state index is 0.338. The summed E-state index contributed by atoms with van der Waals surface area (Å²) in [5.41, 5.74) is 7.42. The second kappa shape index (κ2) is 4.33. The van der Waals surface area contributed by atoms with Gasteiger partial charge in [0.25, 0.3) is 0 Å². The summed E-state index contributed by atoms with van der Waals surface area (Å²) in [6.45, 7) is 0. The van der Waals surface area contributed by atoms with Crippen LogP contribution in [0.3, 0.4) is 0 Å². The van der Waals surface area contributed by atoms with Crippen molar-refractivity contribution in [3.63, 3.8) is 0 Å². The van der Waals surface area contributed by atoms with Crippen LogP contribution < -0.4 is 5.73 Å². The van der Waals surface area contributed by atoms with Gasteiger partial charge in [0.1, 0.15) is 0 Å². The fourth-order valence-electron chi connectivity index (χ4n) is 1.93. The van der Waals surface area contributed by atoms with Gasteiger partial charge in [-0.1, -0.05) is 30.2 Å². The molecular formula is C12H16ClN. The van der Waals surface area contributed by atoms with Gasteiger partial charge in [-0.2, -0.15) is 0 Å². The number of benzene rings is 1. The summed E-state index contributed by atoms with van der Waals surface area (Å²) < 4.78 is 0. The van der Waals surface area contributed by atoms with Crippen molar-refractivity contribution in [1.82, 2.24) is 0 Å². The minimum Gasteiger partial charge on any atom is -0.327 e. The topological polar surface area (TPSA) is 26.0 Å². The molecule has 1 aliphatic rings. The van der Waals surface area contributed by atoms with E-state index in [0.717, 1.165) is 17.4 Å². The summed E-state index contributed by atoms with van der Waals surface area (Å²) in [6.07, 6.45) is 4.98. The van der Waals surface area contributed by atoms with Crippen molar-refractivity contribution in [1.29, 1.82) is 0 Å². The Labute approximate surface area is 90.3 Å². The molecule has 1 aromatic carbocycles. The quantitative estimate of drug-likeness (QED) is 0.814. The Morgan fingerprint density at radius 1 is 1.29 bits per heavy atom. The zero-order chi connectivity index (χ0) is 9.97. The lowest BCUT2D eigenvalue weighted by Gasteiger charge is -2.31. The second-order valence-corrected chi connectivity index (χ2v) is 4.62. The van der Waals surface area contributed by atoms with Crippen LogP contribution in [0.15, 0.2) is 24.3 Å². The van der Waals surface area contributed by atoms with Gasteiger partial charge in [0.15, 0.2) is 0 Å². The maximum Gasteiger partial charge on any atom is 0.0406 e. The van der Waals surface area contributed by atoms with Crippen molar-refractivity contribution >= 4 is 11.6 Å². The molecule has 1 fully saturated rings. The molecule has 1 unspecified atom stereocenters. The zero-order valence-corrected chi connectivity index (χ0v) is 9.00. The van der Waals surface area contributed by atoms with Crippen LogP contribution in [0.25, 0.3) is 0 Å². The number of halogens is 1. The zero-order valence-electron chi connectivity index (χ0n) is 8.25. The van der Waals surface area contributed by atoms with E-state index in [1.165, 1.54) is 24.8 Å². The van der Waals surface area contributed by atoms with Crippen LogP contribution in [-0.2, 0) is 6.42 Å². The van der Waals surface area contributed by atoms with Crippen LogP contribution in [0.1, 0.15) is 24.8 Å². The molecule has 1 aliphatic carbocycles. The Balaban J connectivity index is 1.92. The van der Waals surface area contributed by atoms with Gasteiger partial charge in [0.2, 0.25) is 0 Å². The van der Waals surface area contributed by atoms with E-state index in [2.05, 4.69) is 12.1 Å². The maximum absolute atomic E-state index is 6.12. The van der Waals surface area contributed by atoms with E-state index in [-0.39, 0.29) is 0 Å². The molecule has 2 N–H and O–H groups in total. The molecule has 0 aromatic heterocycles. The molecule has 1 atom stereocenters. The fourth-order valence-corrected chi connectivity index (χ4v) is 2.05. The predicted molar refractivity (Wildman–Crippen MR) is 60.5 cm³/mol. The molecule has 0 saturated heterocycles.